The van der Waals surface area contributed by atoms with Crippen LogP contribution in [-0.4, -0.2) is 18.3 Å². The summed E-state index contributed by atoms with van der Waals surface area (Å²) >= 11 is 1.78. The Balaban J connectivity index is -0.000000138. The lowest BCUT2D eigenvalue weighted by molar-refractivity contribution is -0.107. The van der Waals surface area contributed by atoms with Gasteiger partial charge in [-0.25, -0.2) is 0 Å². The lowest BCUT2D eigenvalue weighted by Crippen LogP contribution is -1.77. The van der Waals surface area contributed by atoms with Crippen molar-refractivity contribution in [3.63, 3.8) is 0 Å². The molecule has 0 radical (unpaired) electrons. The molecule has 0 saturated carbocycles. The highest BCUT2D eigenvalue weighted by atomic mass is 32.2. The largest absolute Gasteiger partial charge is 0.303 e. The van der Waals surface area contributed by atoms with Crippen molar-refractivity contribution in [2.45, 2.75) is 40.5 Å². The summed E-state index contributed by atoms with van der Waals surface area (Å²) in [6.45, 7) is 8.00. The molecule has 2 heteroatoms. The maximum Gasteiger partial charge on any atom is 0.120 e. The Bertz CT molecular complexity index is 46.8. The van der Waals surface area contributed by atoms with Gasteiger partial charge in [-0.2, -0.15) is 11.8 Å². The average molecular weight is 178 g/mol. The smallest absolute Gasteiger partial charge is 0.120 e. The first-order chi connectivity index (χ1) is 5.41. The molecule has 0 N–H and O–H groups in total. The SMILES string of the molecule is CC.CC.CSCCCC=O. The Labute approximate surface area is 76.0 Å². The zero-order valence-corrected chi connectivity index (χ0v) is 9.33. The highest BCUT2D eigenvalue weighted by Gasteiger charge is 1.80. The minimum atomic E-state index is 0.723. The molecule has 0 rings (SSSR count). The van der Waals surface area contributed by atoms with Gasteiger partial charge in [0.25, 0.3) is 0 Å². The van der Waals surface area contributed by atoms with Crippen LogP contribution in [0, 0.1) is 0 Å². The number of hydrogen-bond donors (Lipinski definition) is 0. The highest BCUT2D eigenvalue weighted by Crippen LogP contribution is 1.95. The molecule has 70 valence electrons. The molecule has 0 aromatic heterocycles. The van der Waals surface area contributed by atoms with Crippen LogP contribution in [0.5, 0.6) is 0 Å². The van der Waals surface area contributed by atoms with E-state index in [9.17, 15) is 4.79 Å². The van der Waals surface area contributed by atoms with E-state index in [2.05, 4.69) is 0 Å². The van der Waals surface area contributed by atoms with Gasteiger partial charge in [-0.1, -0.05) is 27.7 Å². The van der Waals surface area contributed by atoms with Crippen LogP contribution in [0.15, 0.2) is 0 Å². The van der Waals surface area contributed by atoms with E-state index < -0.39 is 0 Å². The third-order valence-electron chi connectivity index (χ3n) is 0.670. The van der Waals surface area contributed by atoms with E-state index in [4.69, 9.17) is 0 Å². The zero-order chi connectivity index (χ0) is 9.54. The molecule has 0 atom stereocenters. The summed E-state index contributed by atoms with van der Waals surface area (Å²) in [6, 6.07) is 0. The number of carbonyl (C=O) groups is 1. The van der Waals surface area contributed by atoms with Crippen molar-refractivity contribution in [1.82, 2.24) is 0 Å². The van der Waals surface area contributed by atoms with Crippen LogP contribution >= 0.6 is 11.8 Å². The number of hydrogen-bond acceptors (Lipinski definition) is 2. The zero-order valence-electron chi connectivity index (χ0n) is 8.52. The normalized spacial score (nSPS) is 6.64. The standard InChI is InChI=1S/C5H10OS.2C2H6/c1-7-5-3-2-4-6;2*1-2/h4H,2-3,5H2,1H3;2*1-2H3. The summed E-state index contributed by atoms with van der Waals surface area (Å²) in [5, 5.41) is 0. The van der Waals surface area contributed by atoms with Crippen LogP contribution < -0.4 is 0 Å². The van der Waals surface area contributed by atoms with E-state index in [1.54, 1.807) is 11.8 Å². The molecule has 0 saturated heterocycles. The summed E-state index contributed by atoms with van der Waals surface area (Å²) in [7, 11) is 0. The van der Waals surface area contributed by atoms with E-state index in [0.29, 0.717) is 0 Å². The van der Waals surface area contributed by atoms with Gasteiger partial charge in [0.05, 0.1) is 0 Å². The summed E-state index contributed by atoms with van der Waals surface area (Å²) in [6.07, 6.45) is 4.77. The second kappa shape index (κ2) is 32.3. The Morgan fingerprint density at radius 1 is 1.18 bits per heavy atom. The van der Waals surface area contributed by atoms with Crippen LogP contribution in [0.2, 0.25) is 0 Å². The summed E-state index contributed by atoms with van der Waals surface area (Å²) < 4.78 is 0. The van der Waals surface area contributed by atoms with Crippen molar-refractivity contribution >= 4 is 18.0 Å². The Morgan fingerprint density at radius 3 is 1.91 bits per heavy atom. The molecule has 11 heavy (non-hydrogen) atoms. The van der Waals surface area contributed by atoms with Crippen LogP contribution in [0.4, 0.5) is 0 Å². The maximum atomic E-state index is 9.67. The molecule has 0 fully saturated rings. The molecule has 0 heterocycles. The first-order valence-corrected chi connectivity index (χ1v) is 5.73. The van der Waals surface area contributed by atoms with E-state index >= 15 is 0 Å². The Kier molecular flexibility index (Phi) is 50.6. The van der Waals surface area contributed by atoms with Gasteiger partial charge in [0.1, 0.15) is 6.29 Å². The van der Waals surface area contributed by atoms with Crippen LogP contribution in [-0.2, 0) is 4.79 Å². The molecule has 0 unspecified atom stereocenters. The molecule has 1 nitrogen and oxygen atoms in total. The van der Waals surface area contributed by atoms with E-state index in [-0.39, 0.29) is 0 Å². The molecule has 0 aliphatic heterocycles. The number of carbonyl (C=O) groups excluding carboxylic acids is 1. The van der Waals surface area contributed by atoms with Crippen molar-refractivity contribution in [3.8, 4) is 0 Å². The number of rotatable bonds is 4. The fraction of sp³-hybridized carbons (Fsp3) is 0.889. The third kappa shape index (κ3) is 39.9. The van der Waals surface area contributed by atoms with Crippen molar-refractivity contribution in [2.24, 2.45) is 0 Å². The topological polar surface area (TPSA) is 17.1 Å². The fourth-order valence-corrected chi connectivity index (χ4v) is 0.766. The van der Waals surface area contributed by atoms with Gasteiger partial charge in [0.15, 0.2) is 0 Å². The second-order valence-electron chi connectivity index (χ2n) is 1.30. The van der Waals surface area contributed by atoms with Crippen LogP contribution in [0.25, 0.3) is 0 Å². The van der Waals surface area contributed by atoms with E-state index in [1.807, 2.05) is 34.0 Å². The van der Waals surface area contributed by atoms with Crippen LogP contribution in [0.1, 0.15) is 40.5 Å². The van der Waals surface area contributed by atoms with Crippen molar-refractivity contribution < 1.29 is 4.79 Å². The summed E-state index contributed by atoms with van der Waals surface area (Å²) in [4.78, 5) is 9.67. The number of aldehydes is 1. The molecule has 0 amide bonds. The van der Waals surface area contributed by atoms with Gasteiger partial charge in [0, 0.05) is 6.42 Å². The lowest BCUT2D eigenvalue weighted by atomic mass is 10.4. The Morgan fingerprint density at radius 2 is 1.64 bits per heavy atom. The van der Waals surface area contributed by atoms with E-state index in [1.165, 1.54) is 0 Å². The van der Waals surface area contributed by atoms with Gasteiger partial charge in [-0.3, -0.25) is 0 Å². The van der Waals surface area contributed by atoms with Crippen LogP contribution in [0.3, 0.4) is 0 Å². The number of unbranched alkanes of at least 4 members (excludes halogenated alkanes) is 1. The third-order valence-corrected chi connectivity index (χ3v) is 1.37. The minimum absolute atomic E-state index is 0.723. The Hall–Kier alpha value is 0.0200. The number of thioether (sulfide) groups is 1. The van der Waals surface area contributed by atoms with Gasteiger partial charge in [-0.05, 0) is 18.4 Å². The van der Waals surface area contributed by atoms with Crippen molar-refractivity contribution in [3.05, 3.63) is 0 Å². The fourth-order valence-electron chi connectivity index (χ4n) is 0.311. The summed E-state index contributed by atoms with van der Waals surface area (Å²) in [5.41, 5.74) is 0. The molecule has 0 bridgehead atoms. The first-order valence-electron chi connectivity index (χ1n) is 4.34. The average Bonchev–Trinajstić information content (AvgIpc) is 2.13. The molecule has 0 aromatic carbocycles. The molecule has 0 aliphatic rings. The second-order valence-corrected chi connectivity index (χ2v) is 2.29. The molecular weight excluding hydrogens is 156 g/mol. The maximum absolute atomic E-state index is 9.67. The quantitative estimate of drug-likeness (QED) is 0.485. The van der Waals surface area contributed by atoms with Gasteiger partial charge in [-0.15, -0.1) is 0 Å². The highest BCUT2D eigenvalue weighted by molar-refractivity contribution is 7.98. The van der Waals surface area contributed by atoms with Gasteiger partial charge < -0.3 is 4.79 Å². The molecular formula is C9H22OS. The molecule has 0 aliphatic carbocycles. The van der Waals surface area contributed by atoms with Gasteiger partial charge >= 0.3 is 0 Å². The van der Waals surface area contributed by atoms with Gasteiger partial charge in [0.2, 0.25) is 0 Å². The lowest BCUT2D eigenvalue weighted by Gasteiger charge is -1.86. The van der Waals surface area contributed by atoms with E-state index in [0.717, 1.165) is 24.9 Å². The molecule has 0 spiro atoms. The predicted octanol–water partition coefficient (Wildman–Crippen LogP) is 3.38. The van der Waals surface area contributed by atoms with Crippen molar-refractivity contribution in [1.29, 1.82) is 0 Å². The first kappa shape index (κ1) is 17.2. The van der Waals surface area contributed by atoms with Crippen molar-refractivity contribution in [2.75, 3.05) is 12.0 Å². The minimum Gasteiger partial charge on any atom is -0.303 e. The predicted molar refractivity (Wildman–Crippen MR) is 56.4 cm³/mol. The molecule has 0 aromatic rings. The summed E-state index contributed by atoms with van der Waals surface area (Å²) in [5.74, 6) is 1.11. The monoisotopic (exact) mass is 178 g/mol.